The Morgan fingerprint density at radius 3 is 2.15 bits per heavy atom. The Morgan fingerprint density at radius 1 is 0.950 bits per heavy atom. The number of nitrogens with zero attached hydrogens (tertiary/aromatic N) is 1. The molecule has 0 aromatic heterocycles. The molecule has 0 radical (unpaired) electrons. The standard InChI is InChI=1S/C16H27NO3/c1-3-5-10-17(11-13-18)12-14-20-16-8-6-15(7-9-16)19-4-2/h6-9,18H,3-5,10-14H2,1-2H3. The summed E-state index contributed by atoms with van der Waals surface area (Å²) >= 11 is 0. The summed E-state index contributed by atoms with van der Waals surface area (Å²) in [6.45, 7) is 8.23. The Balaban J connectivity index is 2.30. The normalized spacial score (nSPS) is 10.8. The number of aliphatic hydroxyl groups excluding tert-OH is 1. The molecule has 20 heavy (non-hydrogen) atoms. The monoisotopic (exact) mass is 281 g/mol. The molecular weight excluding hydrogens is 254 g/mol. The van der Waals surface area contributed by atoms with E-state index in [9.17, 15) is 0 Å². The van der Waals surface area contributed by atoms with Crippen molar-refractivity contribution in [2.75, 3.05) is 39.5 Å². The van der Waals surface area contributed by atoms with Gasteiger partial charge in [-0.25, -0.2) is 0 Å². The zero-order valence-corrected chi connectivity index (χ0v) is 12.7. The van der Waals surface area contributed by atoms with E-state index in [2.05, 4.69) is 11.8 Å². The van der Waals surface area contributed by atoms with Crippen LogP contribution < -0.4 is 9.47 Å². The van der Waals surface area contributed by atoms with Crippen LogP contribution in [0, 0.1) is 0 Å². The molecule has 0 heterocycles. The summed E-state index contributed by atoms with van der Waals surface area (Å²) in [5, 5.41) is 9.04. The summed E-state index contributed by atoms with van der Waals surface area (Å²) in [5.41, 5.74) is 0. The number of aliphatic hydroxyl groups is 1. The van der Waals surface area contributed by atoms with Gasteiger partial charge in [0.05, 0.1) is 13.2 Å². The highest BCUT2D eigenvalue weighted by Crippen LogP contribution is 2.17. The Labute approximate surface area is 122 Å². The summed E-state index contributed by atoms with van der Waals surface area (Å²) < 4.78 is 11.1. The second-order valence-corrected chi connectivity index (χ2v) is 4.67. The molecule has 4 heteroatoms. The topological polar surface area (TPSA) is 41.9 Å². The largest absolute Gasteiger partial charge is 0.494 e. The number of rotatable bonds is 11. The maximum atomic E-state index is 9.04. The molecule has 0 aliphatic carbocycles. The molecule has 0 aliphatic heterocycles. The predicted molar refractivity (Wildman–Crippen MR) is 81.5 cm³/mol. The van der Waals surface area contributed by atoms with E-state index in [-0.39, 0.29) is 6.61 Å². The minimum atomic E-state index is 0.201. The van der Waals surface area contributed by atoms with Crippen molar-refractivity contribution >= 4 is 0 Å². The van der Waals surface area contributed by atoms with Gasteiger partial charge >= 0.3 is 0 Å². The molecular formula is C16H27NO3. The zero-order valence-electron chi connectivity index (χ0n) is 12.7. The first-order valence-corrected chi connectivity index (χ1v) is 7.49. The van der Waals surface area contributed by atoms with Crippen LogP contribution in [-0.4, -0.2) is 49.5 Å². The smallest absolute Gasteiger partial charge is 0.119 e. The Morgan fingerprint density at radius 2 is 1.60 bits per heavy atom. The maximum Gasteiger partial charge on any atom is 0.119 e. The summed E-state index contributed by atoms with van der Waals surface area (Å²) in [5.74, 6) is 1.72. The number of ether oxygens (including phenoxy) is 2. The second-order valence-electron chi connectivity index (χ2n) is 4.67. The molecule has 0 bridgehead atoms. The summed E-state index contributed by atoms with van der Waals surface area (Å²) in [7, 11) is 0. The highest BCUT2D eigenvalue weighted by atomic mass is 16.5. The van der Waals surface area contributed by atoms with E-state index in [1.54, 1.807) is 0 Å². The highest BCUT2D eigenvalue weighted by Gasteiger charge is 2.04. The van der Waals surface area contributed by atoms with Crippen molar-refractivity contribution in [3.8, 4) is 11.5 Å². The van der Waals surface area contributed by atoms with Crippen molar-refractivity contribution in [2.24, 2.45) is 0 Å². The van der Waals surface area contributed by atoms with E-state index in [0.717, 1.165) is 31.0 Å². The van der Waals surface area contributed by atoms with Crippen molar-refractivity contribution in [3.63, 3.8) is 0 Å². The van der Waals surface area contributed by atoms with E-state index in [0.29, 0.717) is 19.8 Å². The lowest BCUT2D eigenvalue weighted by atomic mass is 10.3. The number of benzene rings is 1. The lowest BCUT2D eigenvalue weighted by Crippen LogP contribution is -2.32. The molecule has 0 amide bonds. The predicted octanol–water partition coefficient (Wildman–Crippen LogP) is 2.56. The van der Waals surface area contributed by atoms with E-state index >= 15 is 0 Å². The van der Waals surface area contributed by atoms with E-state index in [4.69, 9.17) is 14.6 Å². The summed E-state index contributed by atoms with van der Waals surface area (Å²) in [4.78, 5) is 2.23. The third kappa shape index (κ3) is 6.78. The van der Waals surface area contributed by atoms with Gasteiger partial charge in [0.2, 0.25) is 0 Å². The average molecular weight is 281 g/mol. The molecule has 0 spiro atoms. The molecule has 0 atom stereocenters. The van der Waals surface area contributed by atoms with Crippen LogP contribution in [0.2, 0.25) is 0 Å². The van der Waals surface area contributed by atoms with E-state index in [1.807, 2.05) is 31.2 Å². The quantitative estimate of drug-likeness (QED) is 0.677. The fraction of sp³-hybridized carbons (Fsp3) is 0.625. The fourth-order valence-electron chi connectivity index (χ4n) is 1.95. The van der Waals surface area contributed by atoms with Gasteiger partial charge in [0.15, 0.2) is 0 Å². The maximum absolute atomic E-state index is 9.04. The third-order valence-electron chi connectivity index (χ3n) is 3.06. The summed E-state index contributed by atoms with van der Waals surface area (Å²) in [6, 6.07) is 7.68. The molecule has 0 saturated carbocycles. The van der Waals surface area contributed by atoms with Crippen molar-refractivity contribution in [2.45, 2.75) is 26.7 Å². The third-order valence-corrected chi connectivity index (χ3v) is 3.06. The van der Waals surface area contributed by atoms with Crippen molar-refractivity contribution in [3.05, 3.63) is 24.3 Å². The molecule has 1 aromatic carbocycles. The van der Waals surface area contributed by atoms with Crippen LogP contribution in [0.3, 0.4) is 0 Å². The molecule has 0 fully saturated rings. The first-order chi connectivity index (χ1) is 9.80. The van der Waals surface area contributed by atoms with Gasteiger partial charge in [-0.2, -0.15) is 0 Å². The first kappa shape index (κ1) is 16.8. The molecule has 114 valence electrons. The van der Waals surface area contributed by atoms with Gasteiger partial charge in [0, 0.05) is 13.1 Å². The van der Waals surface area contributed by atoms with Gasteiger partial charge < -0.3 is 14.6 Å². The SMILES string of the molecule is CCCCN(CCO)CCOc1ccc(OCC)cc1. The van der Waals surface area contributed by atoms with Gasteiger partial charge in [0.25, 0.3) is 0 Å². The van der Waals surface area contributed by atoms with Gasteiger partial charge in [-0.3, -0.25) is 4.90 Å². The van der Waals surface area contributed by atoms with Gasteiger partial charge in [0.1, 0.15) is 18.1 Å². The highest BCUT2D eigenvalue weighted by molar-refractivity contribution is 5.31. The minimum Gasteiger partial charge on any atom is -0.494 e. The number of unbranched alkanes of at least 4 members (excludes halogenated alkanes) is 1. The Kier molecular flexibility index (Phi) is 8.83. The molecule has 4 nitrogen and oxygen atoms in total. The Hall–Kier alpha value is -1.26. The lowest BCUT2D eigenvalue weighted by molar-refractivity contribution is 0.167. The summed E-state index contributed by atoms with van der Waals surface area (Å²) in [6.07, 6.45) is 2.32. The average Bonchev–Trinajstić information content (AvgIpc) is 2.47. The zero-order chi connectivity index (χ0) is 14.6. The van der Waals surface area contributed by atoms with Crippen molar-refractivity contribution < 1.29 is 14.6 Å². The van der Waals surface area contributed by atoms with Crippen LogP contribution in [0.1, 0.15) is 26.7 Å². The molecule has 0 aliphatic rings. The van der Waals surface area contributed by atoms with Crippen LogP contribution in [-0.2, 0) is 0 Å². The Bertz CT molecular complexity index is 340. The van der Waals surface area contributed by atoms with Crippen LogP contribution in [0.15, 0.2) is 24.3 Å². The minimum absolute atomic E-state index is 0.201. The molecule has 1 rings (SSSR count). The molecule has 1 aromatic rings. The van der Waals surface area contributed by atoms with Crippen molar-refractivity contribution in [1.82, 2.24) is 4.90 Å². The molecule has 1 N–H and O–H groups in total. The molecule has 0 saturated heterocycles. The fourth-order valence-corrected chi connectivity index (χ4v) is 1.95. The van der Waals surface area contributed by atoms with Gasteiger partial charge in [-0.1, -0.05) is 13.3 Å². The second kappa shape index (κ2) is 10.5. The van der Waals surface area contributed by atoms with E-state index in [1.165, 1.54) is 6.42 Å². The van der Waals surface area contributed by atoms with Gasteiger partial charge in [-0.05, 0) is 44.2 Å². The van der Waals surface area contributed by atoms with Crippen LogP contribution >= 0.6 is 0 Å². The van der Waals surface area contributed by atoms with Crippen LogP contribution in [0.4, 0.5) is 0 Å². The number of hydrogen-bond acceptors (Lipinski definition) is 4. The first-order valence-electron chi connectivity index (χ1n) is 7.49. The number of hydrogen-bond donors (Lipinski definition) is 1. The van der Waals surface area contributed by atoms with Crippen LogP contribution in [0.5, 0.6) is 11.5 Å². The van der Waals surface area contributed by atoms with Gasteiger partial charge in [-0.15, -0.1) is 0 Å². The molecule has 0 unspecified atom stereocenters. The van der Waals surface area contributed by atoms with Crippen LogP contribution in [0.25, 0.3) is 0 Å². The van der Waals surface area contributed by atoms with Crippen molar-refractivity contribution in [1.29, 1.82) is 0 Å². The lowest BCUT2D eigenvalue weighted by Gasteiger charge is -2.21. The van der Waals surface area contributed by atoms with E-state index < -0.39 is 0 Å².